The van der Waals surface area contributed by atoms with Gasteiger partial charge in [0.1, 0.15) is 11.4 Å². The predicted octanol–water partition coefficient (Wildman–Crippen LogP) is 4.11. The lowest BCUT2D eigenvalue weighted by Gasteiger charge is -2.11. The molecule has 0 bridgehead atoms. The van der Waals surface area contributed by atoms with Gasteiger partial charge < -0.3 is 15.4 Å². The number of benzene rings is 3. The third-order valence-electron chi connectivity index (χ3n) is 5.04. The minimum atomic E-state index is -0.448. The second kappa shape index (κ2) is 9.82. The van der Waals surface area contributed by atoms with Gasteiger partial charge in [0.15, 0.2) is 6.61 Å². The van der Waals surface area contributed by atoms with Crippen LogP contribution in [0.15, 0.2) is 84.6 Å². The number of aryl methyl sites for hydroxylation is 1. The van der Waals surface area contributed by atoms with Crippen LogP contribution in [0.5, 0.6) is 5.75 Å². The van der Waals surface area contributed by atoms with Crippen molar-refractivity contribution in [2.24, 2.45) is 0 Å². The van der Waals surface area contributed by atoms with Gasteiger partial charge in [0.05, 0.1) is 6.54 Å². The van der Waals surface area contributed by atoms with Crippen LogP contribution in [0.3, 0.4) is 0 Å². The summed E-state index contributed by atoms with van der Waals surface area (Å²) in [6.45, 7) is 2.06. The fourth-order valence-electron chi connectivity index (χ4n) is 3.29. The number of anilines is 1. The standard InChI is InChI=1S/C26H23N3O4/c1-18-7-9-20(10-8-18)16-29-25(31)23(28-26(29)32)15-19-11-13-22(14-12-19)33-17-24(30)27-21-5-3-2-4-6-21/h2-15H,16-17H2,1H3,(H,27,30)(H,28,32)/b23-15-. The molecular formula is C26H23N3O4. The van der Waals surface area contributed by atoms with E-state index in [9.17, 15) is 14.4 Å². The van der Waals surface area contributed by atoms with Crippen LogP contribution in [0, 0.1) is 6.92 Å². The summed E-state index contributed by atoms with van der Waals surface area (Å²) in [7, 11) is 0. The Morgan fingerprint density at radius 3 is 2.36 bits per heavy atom. The predicted molar refractivity (Wildman–Crippen MR) is 125 cm³/mol. The van der Waals surface area contributed by atoms with Gasteiger partial charge in [-0.25, -0.2) is 4.79 Å². The number of carbonyl (C=O) groups is 3. The molecule has 166 valence electrons. The van der Waals surface area contributed by atoms with E-state index in [1.807, 2.05) is 49.4 Å². The Hall–Kier alpha value is -4.39. The molecule has 1 aliphatic rings. The van der Waals surface area contributed by atoms with Crippen molar-refractivity contribution >= 4 is 29.6 Å². The molecular weight excluding hydrogens is 418 g/mol. The number of amides is 4. The second-order valence-electron chi connectivity index (χ2n) is 7.64. The maximum Gasteiger partial charge on any atom is 0.329 e. The highest BCUT2D eigenvalue weighted by Crippen LogP contribution is 2.19. The van der Waals surface area contributed by atoms with Crippen molar-refractivity contribution < 1.29 is 19.1 Å². The number of imide groups is 1. The fourth-order valence-corrected chi connectivity index (χ4v) is 3.29. The van der Waals surface area contributed by atoms with Crippen LogP contribution in [0.25, 0.3) is 6.08 Å². The van der Waals surface area contributed by atoms with Crippen LogP contribution in [-0.2, 0) is 16.1 Å². The molecule has 1 aliphatic heterocycles. The molecule has 2 N–H and O–H groups in total. The lowest BCUT2D eigenvalue weighted by Crippen LogP contribution is -2.30. The average molecular weight is 441 g/mol. The largest absolute Gasteiger partial charge is 0.484 e. The number of ether oxygens (including phenoxy) is 1. The van der Waals surface area contributed by atoms with Crippen LogP contribution in [0.1, 0.15) is 16.7 Å². The number of para-hydroxylation sites is 1. The van der Waals surface area contributed by atoms with Gasteiger partial charge >= 0.3 is 6.03 Å². The molecule has 4 rings (SSSR count). The van der Waals surface area contributed by atoms with Crippen LogP contribution in [-0.4, -0.2) is 29.4 Å². The Kier molecular flexibility index (Phi) is 6.50. The van der Waals surface area contributed by atoms with Gasteiger partial charge in [0.25, 0.3) is 11.8 Å². The highest BCUT2D eigenvalue weighted by Gasteiger charge is 2.33. The minimum absolute atomic E-state index is 0.127. The molecule has 0 radical (unpaired) electrons. The van der Waals surface area contributed by atoms with Crippen LogP contribution >= 0.6 is 0 Å². The van der Waals surface area contributed by atoms with E-state index in [1.165, 1.54) is 4.90 Å². The zero-order valence-electron chi connectivity index (χ0n) is 18.1. The first-order valence-electron chi connectivity index (χ1n) is 10.5. The van der Waals surface area contributed by atoms with E-state index in [2.05, 4.69) is 10.6 Å². The maximum absolute atomic E-state index is 12.7. The van der Waals surface area contributed by atoms with Gasteiger partial charge in [-0.15, -0.1) is 0 Å². The molecule has 0 aromatic heterocycles. The van der Waals surface area contributed by atoms with Crippen molar-refractivity contribution in [3.63, 3.8) is 0 Å². The van der Waals surface area contributed by atoms with E-state index < -0.39 is 6.03 Å². The van der Waals surface area contributed by atoms with Crippen molar-refractivity contribution in [3.8, 4) is 5.75 Å². The number of nitrogens with one attached hydrogen (secondary N) is 2. The molecule has 1 saturated heterocycles. The van der Waals surface area contributed by atoms with Gasteiger partial charge in [-0.05, 0) is 48.4 Å². The molecule has 0 spiro atoms. The Morgan fingerprint density at radius 2 is 1.67 bits per heavy atom. The highest BCUT2D eigenvalue weighted by molar-refractivity contribution is 6.13. The molecule has 4 amide bonds. The zero-order chi connectivity index (χ0) is 23.2. The lowest BCUT2D eigenvalue weighted by molar-refractivity contribution is -0.123. The van der Waals surface area contributed by atoms with Crippen molar-refractivity contribution in [2.45, 2.75) is 13.5 Å². The summed E-state index contributed by atoms with van der Waals surface area (Å²) in [5.74, 6) is -0.123. The third-order valence-corrected chi connectivity index (χ3v) is 5.04. The average Bonchev–Trinajstić information content (AvgIpc) is 3.08. The Bertz CT molecular complexity index is 1190. The second-order valence-corrected chi connectivity index (χ2v) is 7.64. The number of rotatable bonds is 7. The molecule has 0 unspecified atom stereocenters. The normalized spacial score (nSPS) is 14.3. The Labute approximate surface area is 191 Å². The molecule has 0 aliphatic carbocycles. The fraction of sp³-hybridized carbons (Fsp3) is 0.115. The smallest absolute Gasteiger partial charge is 0.329 e. The van der Waals surface area contributed by atoms with E-state index >= 15 is 0 Å². The number of hydrogen-bond donors (Lipinski definition) is 2. The van der Waals surface area contributed by atoms with Crippen molar-refractivity contribution in [2.75, 3.05) is 11.9 Å². The molecule has 7 nitrogen and oxygen atoms in total. The van der Waals surface area contributed by atoms with Gasteiger partial charge in [-0.2, -0.15) is 0 Å². The van der Waals surface area contributed by atoms with Crippen molar-refractivity contribution in [3.05, 3.63) is 101 Å². The van der Waals surface area contributed by atoms with Gasteiger partial charge in [-0.3, -0.25) is 14.5 Å². The monoisotopic (exact) mass is 441 g/mol. The van der Waals surface area contributed by atoms with E-state index in [0.717, 1.165) is 16.7 Å². The number of hydrogen-bond acceptors (Lipinski definition) is 4. The molecule has 33 heavy (non-hydrogen) atoms. The summed E-state index contributed by atoms with van der Waals surface area (Å²) in [6.07, 6.45) is 1.61. The van der Waals surface area contributed by atoms with Gasteiger partial charge in [-0.1, -0.05) is 60.2 Å². The Balaban J connectivity index is 1.34. The summed E-state index contributed by atoms with van der Waals surface area (Å²) in [4.78, 5) is 38.2. The molecule has 1 fully saturated rings. The van der Waals surface area contributed by atoms with Gasteiger partial charge in [0, 0.05) is 5.69 Å². The molecule has 1 heterocycles. The quantitative estimate of drug-likeness (QED) is 0.427. The van der Waals surface area contributed by atoms with Crippen molar-refractivity contribution in [1.82, 2.24) is 10.2 Å². The van der Waals surface area contributed by atoms with E-state index in [4.69, 9.17) is 4.74 Å². The molecule has 0 atom stereocenters. The minimum Gasteiger partial charge on any atom is -0.484 e. The summed E-state index contributed by atoms with van der Waals surface area (Å²) >= 11 is 0. The molecule has 0 saturated carbocycles. The zero-order valence-corrected chi connectivity index (χ0v) is 18.1. The first-order valence-corrected chi connectivity index (χ1v) is 10.5. The number of urea groups is 1. The van der Waals surface area contributed by atoms with Gasteiger partial charge in [0.2, 0.25) is 0 Å². The van der Waals surface area contributed by atoms with Crippen molar-refractivity contribution in [1.29, 1.82) is 0 Å². The molecule has 3 aromatic rings. The van der Waals surface area contributed by atoms with Crippen LogP contribution < -0.4 is 15.4 Å². The van der Waals surface area contributed by atoms with E-state index in [0.29, 0.717) is 11.4 Å². The topological polar surface area (TPSA) is 87.7 Å². The Morgan fingerprint density at radius 1 is 0.970 bits per heavy atom. The lowest BCUT2D eigenvalue weighted by atomic mass is 10.1. The summed E-state index contributed by atoms with van der Waals surface area (Å²) in [5.41, 5.74) is 3.62. The highest BCUT2D eigenvalue weighted by atomic mass is 16.5. The molecule has 3 aromatic carbocycles. The van der Waals surface area contributed by atoms with E-state index in [-0.39, 0.29) is 30.7 Å². The van der Waals surface area contributed by atoms with Crippen LogP contribution in [0.2, 0.25) is 0 Å². The first kappa shape index (κ1) is 21.8. The third kappa shape index (κ3) is 5.65. The summed E-state index contributed by atoms with van der Waals surface area (Å²) in [6, 6.07) is 23.3. The maximum atomic E-state index is 12.7. The van der Waals surface area contributed by atoms with E-state index in [1.54, 1.807) is 42.5 Å². The summed E-state index contributed by atoms with van der Waals surface area (Å²) in [5, 5.41) is 5.38. The number of nitrogens with zero attached hydrogens (tertiary/aromatic N) is 1. The summed E-state index contributed by atoms with van der Waals surface area (Å²) < 4.78 is 5.52. The number of carbonyl (C=O) groups excluding carboxylic acids is 3. The van der Waals surface area contributed by atoms with Crippen LogP contribution in [0.4, 0.5) is 10.5 Å². The first-order chi connectivity index (χ1) is 16.0. The molecule has 7 heteroatoms. The SMILES string of the molecule is Cc1ccc(CN2C(=O)N/C(=C\c3ccc(OCC(=O)Nc4ccccc4)cc3)C2=O)cc1.